The lowest BCUT2D eigenvalue weighted by Crippen LogP contribution is -2.29. The van der Waals surface area contributed by atoms with Crippen molar-refractivity contribution in [2.24, 2.45) is 5.16 Å². The number of amides is 1. The number of allylic oxidation sites excluding steroid dienone is 1. The molecule has 4 heteroatoms. The average molecular weight is 246 g/mol. The van der Waals surface area contributed by atoms with E-state index in [1.165, 1.54) is 0 Å². The Labute approximate surface area is 107 Å². The Morgan fingerprint density at radius 3 is 2.61 bits per heavy atom. The summed E-state index contributed by atoms with van der Waals surface area (Å²) in [5.41, 5.74) is 1.69. The molecular weight excluding hydrogens is 228 g/mol. The van der Waals surface area contributed by atoms with Gasteiger partial charge in [0.05, 0.1) is 5.71 Å². The highest BCUT2D eigenvalue weighted by Crippen LogP contribution is 2.01. The Morgan fingerprint density at radius 1 is 1.33 bits per heavy atom. The van der Waals surface area contributed by atoms with Crippen LogP contribution in [0.5, 0.6) is 0 Å². The summed E-state index contributed by atoms with van der Waals surface area (Å²) in [7, 11) is 0. The minimum absolute atomic E-state index is 0.0351. The first-order valence-corrected chi connectivity index (χ1v) is 5.83. The minimum atomic E-state index is -0.544. The van der Waals surface area contributed by atoms with Crippen LogP contribution in [0.1, 0.15) is 26.3 Å². The number of nitrogens with zero attached hydrogens (tertiary/aromatic N) is 1. The number of carbonyl (C=O) groups is 1. The van der Waals surface area contributed by atoms with E-state index in [0.717, 1.165) is 5.56 Å². The normalized spacial score (nSPS) is 11.9. The van der Waals surface area contributed by atoms with Gasteiger partial charge in [-0.05, 0) is 32.4 Å². The molecule has 0 unspecified atom stereocenters. The molecule has 18 heavy (non-hydrogen) atoms. The number of benzene rings is 1. The van der Waals surface area contributed by atoms with Gasteiger partial charge in [-0.1, -0.05) is 41.6 Å². The predicted octanol–water partition coefficient (Wildman–Crippen LogP) is 3.21. The van der Waals surface area contributed by atoms with Crippen LogP contribution >= 0.6 is 0 Å². The molecule has 1 N–H and O–H groups in total. The van der Waals surface area contributed by atoms with Crippen LogP contribution in [0.2, 0.25) is 0 Å². The van der Waals surface area contributed by atoms with Crippen LogP contribution in [-0.2, 0) is 4.84 Å². The second kappa shape index (κ2) is 7.27. The van der Waals surface area contributed by atoms with Gasteiger partial charge < -0.3 is 5.32 Å². The van der Waals surface area contributed by atoms with E-state index in [0.29, 0.717) is 5.71 Å². The first kappa shape index (κ1) is 14.0. The lowest BCUT2D eigenvalue weighted by Gasteiger charge is -2.04. The second-order valence-corrected chi connectivity index (χ2v) is 4.15. The summed E-state index contributed by atoms with van der Waals surface area (Å²) >= 11 is 0. The maximum absolute atomic E-state index is 11.2. The summed E-state index contributed by atoms with van der Waals surface area (Å²) in [6.45, 7) is 5.47. The molecule has 1 aromatic carbocycles. The molecule has 96 valence electrons. The molecule has 0 heterocycles. The Kier molecular flexibility index (Phi) is 5.64. The zero-order valence-corrected chi connectivity index (χ0v) is 10.9. The molecular formula is C14H18N2O2. The minimum Gasteiger partial charge on any atom is -0.317 e. The molecule has 0 fully saturated rings. The van der Waals surface area contributed by atoms with Gasteiger partial charge in [0, 0.05) is 6.04 Å². The van der Waals surface area contributed by atoms with E-state index in [9.17, 15) is 4.79 Å². The molecule has 4 nitrogen and oxygen atoms in total. The largest absolute Gasteiger partial charge is 0.433 e. The highest BCUT2D eigenvalue weighted by atomic mass is 16.7. The third kappa shape index (κ3) is 5.84. The summed E-state index contributed by atoms with van der Waals surface area (Å²) in [5.74, 6) is 0. The Bertz CT molecular complexity index is 436. The van der Waals surface area contributed by atoms with Gasteiger partial charge in [0.25, 0.3) is 0 Å². The summed E-state index contributed by atoms with van der Waals surface area (Å²) in [4.78, 5) is 15.9. The van der Waals surface area contributed by atoms with Gasteiger partial charge in [-0.15, -0.1) is 0 Å². The molecule has 0 atom stereocenters. The van der Waals surface area contributed by atoms with Crippen LogP contribution in [0.25, 0.3) is 6.08 Å². The van der Waals surface area contributed by atoms with Crippen molar-refractivity contribution in [3.8, 4) is 0 Å². The van der Waals surface area contributed by atoms with Crippen LogP contribution < -0.4 is 5.32 Å². The number of hydrogen-bond donors (Lipinski definition) is 1. The molecule has 0 spiro atoms. The zero-order chi connectivity index (χ0) is 13.4. The van der Waals surface area contributed by atoms with E-state index in [1.54, 1.807) is 13.0 Å². The van der Waals surface area contributed by atoms with Crippen molar-refractivity contribution in [1.29, 1.82) is 0 Å². The SMILES string of the molecule is CC(/C=C/c1ccccc1)=N\OC(=O)NC(C)C. The van der Waals surface area contributed by atoms with E-state index in [1.807, 2.05) is 50.3 Å². The molecule has 0 bridgehead atoms. The maximum Gasteiger partial charge on any atom is 0.433 e. The standard InChI is InChI=1S/C14H18N2O2/c1-11(2)15-14(17)18-16-12(3)9-10-13-7-5-4-6-8-13/h4-11H,1-3H3,(H,15,17)/b10-9+,16-12+. The van der Waals surface area contributed by atoms with Crippen molar-refractivity contribution in [2.45, 2.75) is 26.8 Å². The summed E-state index contributed by atoms with van der Waals surface area (Å²) in [6, 6.07) is 9.87. The molecule has 0 aliphatic heterocycles. The smallest absolute Gasteiger partial charge is 0.317 e. The van der Waals surface area contributed by atoms with Crippen molar-refractivity contribution in [1.82, 2.24) is 5.32 Å². The van der Waals surface area contributed by atoms with E-state index in [4.69, 9.17) is 0 Å². The number of hydrogen-bond acceptors (Lipinski definition) is 3. The van der Waals surface area contributed by atoms with Gasteiger partial charge in [-0.25, -0.2) is 4.79 Å². The lowest BCUT2D eigenvalue weighted by molar-refractivity contribution is 0.148. The third-order valence-electron chi connectivity index (χ3n) is 2.00. The summed E-state index contributed by atoms with van der Waals surface area (Å²) in [6.07, 6.45) is 3.15. The van der Waals surface area contributed by atoms with Crippen molar-refractivity contribution < 1.29 is 9.63 Å². The highest BCUT2D eigenvalue weighted by Gasteiger charge is 2.02. The van der Waals surface area contributed by atoms with Crippen molar-refractivity contribution in [3.63, 3.8) is 0 Å². The quantitative estimate of drug-likeness (QED) is 0.504. The fourth-order valence-electron chi connectivity index (χ4n) is 1.19. The summed E-state index contributed by atoms with van der Waals surface area (Å²) < 4.78 is 0. The molecule has 0 aromatic heterocycles. The average Bonchev–Trinajstić information content (AvgIpc) is 2.34. The van der Waals surface area contributed by atoms with Crippen molar-refractivity contribution in [2.75, 3.05) is 0 Å². The van der Waals surface area contributed by atoms with E-state index in [-0.39, 0.29) is 6.04 Å². The molecule has 1 aromatic rings. The van der Waals surface area contributed by atoms with Crippen LogP contribution in [0.4, 0.5) is 4.79 Å². The first-order valence-electron chi connectivity index (χ1n) is 5.83. The van der Waals surface area contributed by atoms with Gasteiger partial charge in [0.15, 0.2) is 0 Å². The molecule has 0 aliphatic rings. The van der Waals surface area contributed by atoms with Crippen LogP contribution in [0.3, 0.4) is 0 Å². The Morgan fingerprint density at radius 2 is 2.00 bits per heavy atom. The van der Waals surface area contributed by atoms with Crippen LogP contribution in [-0.4, -0.2) is 17.8 Å². The zero-order valence-electron chi connectivity index (χ0n) is 10.9. The first-order chi connectivity index (χ1) is 8.58. The number of carbonyl (C=O) groups excluding carboxylic acids is 1. The Balaban J connectivity index is 2.47. The molecule has 1 amide bonds. The highest BCUT2D eigenvalue weighted by molar-refractivity contribution is 5.96. The van der Waals surface area contributed by atoms with Crippen molar-refractivity contribution >= 4 is 17.9 Å². The summed E-state index contributed by atoms with van der Waals surface area (Å²) in [5, 5.41) is 6.29. The van der Waals surface area contributed by atoms with E-state index in [2.05, 4.69) is 15.3 Å². The molecule has 1 rings (SSSR count). The van der Waals surface area contributed by atoms with Gasteiger partial charge >= 0.3 is 6.09 Å². The molecule has 0 saturated carbocycles. The maximum atomic E-state index is 11.2. The fourth-order valence-corrected chi connectivity index (χ4v) is 1.19. The molecule has 0 radical (unpaired) electrons. The number of rotatable bonds is 4. The van der Waals surface area contributed by atoms with Gasteiger partial charge in [0.1, 0.15) is 0 Å². The van der Waals surface area contributed by atoms with Crippen LogP contribution in [0.15, 0.2) is 41.6 Å². The lowest BCUT2D eigenvalue weighted by atomic mass is 10.2. The number of oxime groups is 1. The topological polar surface area (TPSA) is 50.7 Å². The van der Waals surface area contributed by atoms with E-state index >= 15 is 0 Å². The van der Waals surface area contributed by atoms with Gasteiger partial charge in [-0.3, -0.25) is 4.84 Å². The Hall–Kier alpha value is -2.10. The molecule has 0 saturated heterocycles. The third-order valence-corrected chi connectivity index (χ3v) is 2.00. The predicted molar refractivity (Wildman–Crippen MR) is 73.3 cm³/mol. The van der Waals surface area contributed by atoms with E-state index < -0.39 is 6.09 Å². The molecule has 0 aliphatic carbocycles. The van der Waals surface area contributed by atoms with Crippen molar-refractivity contribution in [3.05, 3.63) is 42.0 Å². The monoisotopic (exact) mass is 246 g/mol. The van der Waals surface area contributed by atoms with Crippen LogP contribution in [0, 0.1) is 0 Å². The fraction of sp³-hybridized carbons (Fsp3) is 0.286. The second-order valence-electron chi connectivity index (χ2n) is 4.15. The number of nitrogens with one attached hydrogen (secondary N) is 1. The van der Waals surface area contributed by atoms with Gasteiger partial charge in [0.2, 0.25) is 0 Å². The van der Waals surface area contributed by atoms with Gasteiger partial charge in [-0.2, -0.15) is 0 Å².